The molecule has 32 heavy (non-hydrogen) atoms. The first-order valence-electron chi connectivity index (χ1n) is 10.5. The van der Waals surface area contributed by atoms with Gasteiger partial charge in [0.25, 0.3) is 5.91 Å². The summed E-state index contributed by atoms with van der Waals surface area (Å²) in [6.45, 7) is 2.02. The average molecular weight is 439 g/mol. The summed E-state index contributed by atoms with van der Waals surface area (Å²) in [6.07, 6.45) is 0. The number of rotatable bonds is 4. The van der Waals surface area contributed by atoms with Crippen molar-refractivity contribution in [3.63, 3.8) is 0 Å². The van der Waals surface area contributed by atoms with Crippen molar-refractivity contribution in [2.24, 2.45) is 0 Å². The third kappa shape index (κ3) is 3.87. The van der Waals surface area contributed by atoms with Crippen molar-refractivity contribution in [2.45, 2.75) is 12.3 Å². The molecule has 1 atom stereocenters. The number of hydrogen-bond donors (Lipinski definition) is 1. The second kappa shape index (κ2) is 8.52. The molecule has 4 aromatic rings. The molecule has 2 amide bonds. The molecule has 4 aromatic carbocycles. The molecule has 5 rings (SSSR count). The molecule has 0 radical (unpaired) electrons. The van der Waals surface area contributed by atoms with E-state index in [1.54, 1.807) is 11.8 Å². The maximum atomic E-state index is 13.1. The summed E-state index contributed by atoms with van der Waals surface area (Å²) < 4.78 is 0. The fraction of sp³-hybridized carbons (Fsp3) is 0.111. The van der Waals surface area contributed by atoms with E-state index in [1.807, 2.05) is 103 Å². The molecule has 1 aliphatic rings. The van der Waals surface area contributed by atoms with Crippen molar-refractivity contribution in [3.8, 4) is 0 Å². The molecule has 5 heteroatoms. The molecule has 1 aliphatic heterocycles. The van der Waals surface area contributed by atoms with Gasteiger partial charge in [0.15, 0.2) is 0 Å². The fourth-order valence-electron chi connectivity index (χ4n) is 4.12. The molecule has 1 unspecified atom stereocenters. The molecule has 0 aliphatic carbocycles. The zero-order chi connectivity index (χ0) is 22.1. The Hall–Kier alpha value is -3.57. The van der Waals surface area contributed by atoms with Crippen LogP contribution in [0.2, 0.25) is 0 Å². The van der Waals surface area contributed by atoms with Gasteiger partial charge in [0.05, 0.1) is 5.75 Å². The van der Waals surface area contributed by atoms with Crippen LogP contribution in [-0.2, 0) is 4.79 Å². The molecule has 158 valence electrons. The summed E-state index contributed by atoms with van der Waals surface area (Å²) in [5.41, 5.74) is 4.35. The molecular formula is C27H22N2O2S. The van der Waals surface area contributed by atoms with Gasteiger partial charge >= 0.3 is 0 Å². The van der Waals surface area contributed by atoms with Gasteiger partial charge in [0.2, 0.25) is 5.91 Å². The maximum Gasteiger partial charge on any atom is 0.256 e. The van der Waals surface area contributed by atoms with Crippen LogP contribution in [0.4, 0.5) is 11.4 Å². The van der Waals surface area contributed by atoms with Crippen molar-refractivity contribution in [3.05, 3.63) is 108 Å². The minimum atomic E-state index is -0.148. The van der Waals surface area contributed by atoms with E-state index in [9.17, 15) is 9.59 Å². The average Bonchev–Trinajstić information content (AvgIpc) is 3.20. The van der Waals surface area contributed by atoms with E-state index in [2.05, 4.69) is 5.32 Å². The van der Waals surface area contributed by atoms with Gasteiger partial charge in [-0.15, -0.1) is 11.8 Å². The minimum absolute atomic E-state index is 0.0933. The molecule has 1 fully saturated rings. The van der Waals surface area contributed by atoms with Crippen LogP contribution in [-0.4, -0.2) is 17.6 Å². The molecule has 1 saturated heterocycles. The van der Waals surface area contributed by atoms with Crippen LogP contribution >= 0.6 is 11.8 Å². The Balaban J connectivity index is 1.43. The van der Waals surface area contributed by atoms with Gasteiger partial charge in [-0.2, -0.15) is 0 Å². The first-order chi connectivity index (χ1) is 15.6. The van der Waals surface area contributed by atoms with Crippen LogP contribution in [0.3, 0.4) is 0 Å². The van der Waals surface area contributed by atoms with Gasteiger partial charge in [-0.05, 0) is 59.2 Å². The molecule has 1 heterocycles. The number of hydrogen-bond acceptors (Lipinski definition) is 3. The Labute approximate surface area is 191 Å². The predicted molar refractivity (Wildman–Crippen MR) is 132 cm³/mol. The Morgan fingerprint density at radius 1 is 0.938 bits per heavy atom. The molecule has 1 N–H and O–H groups in total. The maximum absolute atomic E-state index is 13.1. The first kappa shape index (κ1) is 20.3. The van der Waals surface area contributed by atoms with E-state index >= 15 is 0 Å². The molecule has 0 saturated carbocycles. The summed E-state index contributed by atoms with van der Waals surface area (Å²) in [7, 11) is 0. The Morgan fingerprint density at radius 2 is 1.72 bits per heavy atom. The number of carbonyl (C=O) groups is 2. The quantitative estimate of drug-likeness (QED) is 0.414. The van der Waals surface area contributed by atoms with Crippen molar-refractivity contribution in [1.29, 1.82) is 0 Å². The summed E-state index contributed by atoms with van der Waals surface area (Å²) >= 11 is 1.60. The Bertz CT molecular complexity index is 1330. The van der Waals surface area contributed by atoms with Gasteiger partial charge in [-0.25, -0.2) is 0 Å². The number of anilines is 2. The van der Waals surface area contributed by atoms with Gasteiger partial charge < -0.3 is 5.32 Å². The largest absolute Gasteiger partial charge is 0.322 e. The van der Waals surface area contributed by atoms with Crippen LogP contribution in [0.1, 0.15) is 26.9 Å². The summed E-state index contributed by atoms with van der Waals surface area (Å²) in [4.78, 5) is 27.6. The van der Waals surface area contributed by atoms with E-state index in [0.29, 0.717) is 17.0 Å². The van der Waals surface area contributed by atoms with Gasteiger partial charge in [-0.3, -0.25) is 14.5 Å². The summed E-state index contributed by atoms with van der Waals surface area (Å²) in [5.74, 6) is 0.381. The van der Waals surface area contributed by atoms with Gasteiger partial charge in [0, 0.05) is 16.9 Å². The standard InChI is InChI=1S/C27H22N2O2S/c1-18-7-4-12-22(15-18)29-25(30)17-32-27(29)20-10-5-11-21(16-20)28-26(31)24-14-6-9-19-8-2-3-13-23(19)24/h2-16,27H,17H2,1H3,(H,28,31). The number of thioether (sulfide) groups is 1. The zero-order valence-corrected chi connectivity index (χ0v) is 18.4. The van der Waals surface area contributed by atoms with Crippen molar-refractivity contribution in [1.82, 2.24) is 0 Å². The van der Waals surface area contributed by atoms with E-state index < -0.39 is 0 Å². The number of aryl methyl sites for hydroxylation is 1. The lowest BCUT2D eigenvalue weighted by molar-refractivity contribution is -0.115. The van der Waals surface area contributed by atoms with Crippen molar-refractivity contribution >= 4 is 45.7 Å². The molecule has 0 aromatic heterocycles. The number of nitrogens with zero attached hydrogens (tertiary/aromatic N) is 1. The molecule has 0 bridgehead atoms. The fourth-order valence-corrected chi connectivity index (χ4v) is 5.29. The van der Waals surface area contributed by atoms with Gasteiger partial charge in [-0.1, -0.05) is 60.7 Å². The number of carbonyl (C=O) groups excluding carboxylic acids is 2. The summed E-state index contributed by atoms with van der Waals surface area (Å²) in [6, 6.07) is 29.4. The SMILES string of the molecule is Cc1cccc(N2C(=O)CSC2c2cccc(NC(=O)c3cccc4ccccc34)c2)c1. The number of nitrogens with one attached hydrogen (secondary N) is 1. The lowest BCUT2D eigenvalue weighted by Crippen LogP contribution is -2.27. The van der Waals surface area contributed by atoms with Gasteiger partial charge in [0.1, 0.15) is 5.37 Å². The smallest absolute Gasteiger partial charge is 0.256 e. The lowest BCUT2D eigenvalue weighted by Gasteiger charge is -2.25. The number of benzene rings is 4. The highest BCUT2D eigenvalue weighted by Gasteiger charge is 2.34. The first-order valence-corrected chi connectivity index (χ1v) is 11.5. The lowest BCUT2D eigenvalue weighted by atomic mass is 10.0. The highest BCUT2D eigenvalue weighted by Crippen LogP contribution is 2.42. The van der Waals surface area contributed by atoms with Crippen LogP contribution in [0, 0.1) is 6.92 Å². The molecular weight excluding hydrogens is 416 g/mol. The van der Waals surface area contributed by atoms with E-state index in [1.165, 1.54) is 0 Å². The van der Waals surface area contributed by atoms with Crippen molar-refractivity contribution < 1.29 is 9.59 Å². The molecule has 0 spiro atoms. The molecule has 4 nitrogen and oxygen atoms in total. The van der Waals surface area contributed by atoms with Crippen molar-refractivity contribution in [2.75, 3.05) is 16.0 Å². The zero-order valence-electron chi connectivity index (χ0n) is 17.6. The van der Waals surface area contributed by atoms with Crippen LogP contribution < -0.4 is 10.2 Å². The number of fused-ring (bicyclic) bond motifs is 1. The predicted octanol–water partition coefficient (Wildman–Crippen LogP) is 6.18. The highest BCUT2D eigenvalue weighted by atomic mass is 32.2. The van der Waals surface area contributed by atoms with Crippen LogP contribution in [0.5, 0.6) is 0 Å². The van der Waals surface area contributed by atoms with Crippen LogP contribution in [0.25, 0.3) is 10.8 Å². The van der Waals surface area contributed by atoms with E-state index in [4.69, 9.17) is 0 Å². The topological polar surface area (TPSA) is 49.4 Å². The monoisotopic (exact) mass is 438 g/mol. The highest BCUT2D eigenvalue weighted by molar-refractivity contribution is 8.00. The van der Waals surface area contributed by atoms with Crippen LogP contribution in [0.15, 0.2) is 91.0 Å². The third-order valence-electron chi connectivity index (χ3n) is 5.61. The Kier molecular flexibility index (Phi) is 5.41. The Morgan fingerprint density at radius 3 is 2.59 bits per heavy atom. The second-order valence-electron chi connectivity index (χ2n) is 7.87. The normalized spacial score (nSPS) is 15.8. The van der Waals surface area contributed by atoms with E-state index in [0.717, 1.165) is 27.6 Å². The minimum Gasteiger partial charge on any atom is -0.322 e. The summed E-state index contributed by atoms with van der Waals surface area (Å²) in [5, 5.41) is 4.86. The second-order valence-corrected chi connectivity index (χ2v) is 8.94. The number of amides is 2. The van der Waals surface area contributed by atoms with E-state index in [-0.39, 0.29) is 17.2 Å². The third-order valence-corrected chi connectivity index (χ3v) is 6.82.